The maximum atomic E-state index is 12.1. The van der Waals surface area contributed by atoms with Gasteiger partial charge in [0.15, 0.2) is 0 Å². The lowest BCUT2D eigenvalue weighted by Crippen LogP contribution is -2.54. The van der Waals surface area contributed by atoms with Crippen LogP contribution in [0.15, 0.2) is 231 Å². The predicted molar refractivity (Wildman–Crippen MR) is 293 cm³/mol. The number of rotatable bonds is 10. The molecule has 0 unspecified atom stereocenters. The van der Waals surface area contributed by atoms with E-state index in [1.807, 2.05) is 72.8 Å². The van der Waals surface area contributed by atoms with E-state index in [4.69, 9.17) is 9.97 Å². The number of nitriles is 1. The second-order valence-electron chi connectivity index (χ2n) is 17.0. The van der Waals surface area contributed by atoms with Crippen molar-refractivity contribution in [2.45, 2.75) is 0 Å². The van der Waals surface area contributed by atoms with Crippen molar-refractivity contribution >= 4 is 101 Å². The molecule has 70 heavy (non-hydrogen) atoms. The normalized spacial score (nSPS) is 12.1. The Kier molecular flexibility index (Phi) is 11.2. The van der Waals surface area contributed by atoms with Crippen molar-refractivity contribution in [1.82, 2.24) is 18.9 Å². The summed E-state index contributed by atoms with van der Waals surface area (Å²) in [4.78, 5) is 15.1. The molecule has 0 radical (unpaired) electrons. The molecule has 6 nitrogen and oxygen atoms in total. The number of hydrogen-bond donors (Lipinski definition) is 0. The van der Waals surface area contributed by atoms with Gasteiger partial charge in [0.1, 0.15) is 21.7 Å². The monoisotopic (exact) mass is 928 g/mol. The van der Waals surface area contributed by atoms with Crippen molar-refractivity contribution in [3.05, 3.63) is 263 Å². The summed E-state index contributed by atoms with van der Waals surface area (Å²) in [6.07, 6.45) is 0. The first-order valence-electron chi connectivity index (χ1n) is 23.1. The van der Waals surface area contributed by atoms with Crippen molar-refractivity contribution in [1.29, 1.82) is 5.26 Å². The summed E-state index contributed by atoms with van der Waals surface area (Å²) >= 11 is 3.05. The maximum Gasteiger partial charge on any atom is 0.328 e. The van der Waals surface area contributed by atoms with Gasteiger partial charge in [0.2, 0.25) is 5.70 Å². The van der Waals surface area contributed by atoms with Gasteiger partial charge in [-0.05, 0) is 35.4 Å². The second-order valence-corrected chi connectivity index (χ2v) is 19.0. The highest BCUT2D eigenvalue weighted by Gasteiger charge is 2.37. The number of fused-ring (bicyclic) bond motifs is 3. The van der Waals surface area contributed by atoms with E-state index >= 15 is 0 Å². The third-order valence-corrected chi connectivity index (χ3v) is 15.0. The molecule has 8 aromatic carbocycles. The fourth-order valence-corrected chi connectivity index (χ4v) is 12.0. The van der Waals surface area contributed by atoms with Crippen LogP contribution in [0.5, 0.6) is 0 Å². The van der Waals surface area contributed by atoms with Gasteiger partial charge >= 0.3 is 13.7 Å². The van der Waals surface area contributed by atoms with Crippen LogP contribution in [0.1, 0.15) is 10.0 Å². The minimum Gasteiger partial charge on any atom is -0.384 e. The van der Waals surface area contributed by atoms with Crippen LogP contribution in [0.4, 0.5) is 0 Å². The zero-order valence-corrected chi connectivity index (χ0v) is 39.2. The Bertz CT molecular complexity index is 3670. The highest BCUT2D eigenvalue weighted by molar-refractivity contribution is 7.20. The van der Waals surface area contributed by atoms with Crippen LogP contribution in [0.2, 0.25) is 0 Å². The van der Waals surface area contributed by atoms with Crippen LogP contribution in [0.3, 0.4) is 0 Å². The van der Waals surface area contributed by atoms with Crippen LogP contribution in [0.25, 0.3) is 69.8 Å². The summed E-state index contributed by atoms with van der Waals surface area (Å²) in [5.41, 5.74) is 10.2. The maximum absolute atomic E-state index is 12.1. The largest absolute Gasteiger partial charge is 0.384 e. The topological polar surface area (TPSA) is 63.8 Å². The molecule has 4 aromatic heterocycles. The van der Waals surface area contributed by atoms with Crippen LogP contribution in [0, 0.1) is 17.9 Å². The number of nitrogens with zero attached hydrogens (tertiary/aromatic N) is 6. The van der Waals surface area contributed by atoms with Crippen molar-refractivity contribution in [3.8, 4) is 28.6 Å². The van der Waals surface area contributed by atoms with Crippen molar-refractivity contribution in [3.63, 3.8) is 0 Å². The highest BCUT2D eigenvalue weighted by Crippen LogP contribution is 2.38. The summed E-state index contributed by atoms with van der Waals surface area (Å²) in [5, 5.41) is 16.4. The number of aromatic nitrogens is 4. The summed E-state index contributed by atoms with van der Waals surface area (Å²) < 4.78 is 6.75. The molecule has 4 heterocycles. The van der Waals surface area contributed by atoms with Gasteiger partial charge in [0, 0.05) is 27.5 Å². The minimum absolute atomic E-state index is 0.417. The molecule has 0 amide bonds. The third kappa shape index (κ3) is 7.35. The van der Waals surface area contributed by atoms with E-state index in [-0.39, 0.29) is 0 Å². The standard InChI is InChI=1S/C60H38B2N6S2/c1-64-54(60-66-49-37-21-23-39-51(49)70-60)58-53-52(55(41-24-8-2-9-25-41)68(58)62(45-32-16-6-17-33-45)46-34-18-7-19-35-46)57(47(40-63)59-65-48-36-20-22-38-50(48)69-59)67(56(53)42-26-10-3-11-27-42)61(43-28-12-4-13-29-43)44-30-14-5-15-31-44/h2-39H/b57-47-,58-54+. The zero-order chi connectivity index (χ0) is 47.0. The fraction of sp³-hybridized carbons (Fsp3) is 0. The number of thiazole rings is 2. The molecule has 0 atom stereocenters. The Labute approximate surface area is 413 Å². The van der Waals surface area contributed by atoms with E-state index in [9.17, 15) is 11.8 Å². The lowest BCUT2D eigenvalue weighted by molar-refractivity contribution is 1.13. The molecule has 12 rings (SSSR count). The first-order valence-corrected chi connectivity index (χ1v) is 24.7. The Morgan fingerprint density at radius 3 is 1.19 bits per heavy atom. The number of para-hydroxylation sites is 2. The molecular weight excluding hydrogens is 890 g/mol. The molecular formula is C60H38B2N6S2. The lowest BCUT2D eigenvalue weighted by atomic mass is 9.50. The van der Waals surface area contributed by atoms with E-state index in [1.54, 1.807) is 0 Å². The Balaban J connectivity index is 1.44. The second kappa shape index (κ2) is 18.4. The summed E-state index contributed by atoms with van der Waals surface area (Å²) in [6, 6.07) is 82.1. The molecule has 326 valence electrons. The SMILES string of the molecule is [C-]#[N+]/C(c1nc2ccccc2s1)=c1\c2c(-c3ccccc3)n(B(c3ccccc3)c3ccccc3)/c(=C(/C#N)c3nc4ccccc4s3)c2c(-c2ccccc2)n1B(c1ccccc1)c1ccccc1. The average molecular weight is 929 g/mol. The highest BCUT2D eigenvalue weighted by atomic mass is 32.1. The van der Waals surface area contributed by atoms with Crippen LogP contribution in [-0.4, -0.2) is 32.6 Å². The molecule has 0 saturated heterocycles. The number of hydrogen-bond acceptors (Lipinski definition) is 5. The molecule has 12 aromatic rings. The quantitative estimate of drug-likeness (QED) is 0.101. The van der Waals surface area contributed by atoms with E-state index < -0.39 is 13.7 Å². The van der Waals surface area contributed by atoms with Crippen molar-refractivity contribution in [2.75, 3.05) is 0 Å². The van der Waals surface area contributed by atoms with Gasteiger partial charge < -0.3 is 8.96 Å². The molecule has 10 heteroatoms. The van der Waals surface area contributed by atoms with Gasteiger partial charge in [-0.1, -0.05) is 228 Å². The van der Waals surface area contributed by atoms with Gasteiger partial charge in [-0.2, -0.15) is 5.26 Å². The van der Waals surface area contributed by atoms with E-state index in [0.29, 0.717) is 32.0 Å². The van der Waals surface area contributed by atoms with Gasteiger partial charge in [-0.15, -0.1) is 22.7 Å². The molecule has 0 bridgehead atoms. The molecule has 0 aliphatic heterocycles. The minimum atomic E-state index is -0.444. The average Bonchev–Trinajstić information content (AvgIpc) is 4.21. The first kappa shape index (κ1) is 42.6. The summed E-state index contributed by atoms with van der Waals surface area (Å²) in [5.74, 6) is 0. The van der Waals surface area contributed by atoms with Gasteiger partial charge in [0.05, 0.1) is 32.4 Å². The Hall–Kier alpha value is -8.79. The van der Waals surface area contributed by atoms with E-state index in [1.165, 1.54) is 22.7 Å². The Morgan fingerprint density at radius 1 is 0.443 bits per heavy atom. The molecule has 0 aliphatic rings. The predicted octanol–water partition coefficient (Wildman–Crippen LogP) is 10.1. The molecule has 0 spiro atoms. The van der Waals surface area contributed by atoms with Crippen LogP contribution >= 0.6 is 22.7 Å². The third-order valence-electron chi connectivity index (χ3n) is 12.9. The first-order chi connectivity index (χ1) is 34.7. The van der Waals surface area contributed by atoms with E-state index in [0.717, 1.165) is 75.6 Å². The van der Waals surface area contributed by atoms with Crippen molar-refractivity contribution in [2.24, 2.45) is 0 Å². The van der Waals surface area contributed by atoms with Gasteiger partial charge in [-0.3, -0.25) is 0 Å². The molecule has 0 N–H and O–H groups in total. The lowest BCUT2D eigenvalue weighted by Gasteiger charge is -2.24. The molecule has 0 aliphatic carbocycles. The zero-order valence-electron chi connectivity index (χ0n) is 37.6. The van der Waals surface area contributed by atoms with Gasteiger partial charge in [0.25, 0.3) is 0 Å². The molecule has 0 fully saturated rings. The van der Waals surface area contributed by atoms with Gasteiger partial charge in [-0.25, -0.2) is 14.8 Å². The van der Waals surface area contributed by atoms with E-state index in [2.05, 4.69) is 178 Å². The number of benzene rings is 8. The summed E-state index contributed by atoms with van der Waals surface area (Å²) in [7, 11) is 0. The van der Waals surface area contributed by atoms with Crippen LogP contribution in [-0.2, 0) is 0 Å². The fourth-order valence-electron chi connectivity index (χ4n) is 10.0. The van der Waals surface area contributed by atoms with Crippen molar-refractivity contribution < 1.29 is 0 Å². The molecule has 0 saturated carbocycles. The van der Waals surface area contributed by atoms with Crippen LogP contribution < -0.4 is 32.5 Å². The smallest absolute Gasteiger partial charge is 0.328 e. The Morgan fingerprint density at radius 2 is 0.786 bits per heavy atom. The summed E-state index contributed by atoms with van der Waals surface area (Å²) in [6.45, 7) is 8.53.